The van der Waals surface area contributed by atoms with Crippen molar-refractivity contribution in [1.29, 1.82) is 0 Å². The van der Waals surface area contributed by atoms with Crippen LogP contribution in [-0.4, -0.2) is 15.6 Å². The van der Waals surface area contributed by atoms with Gasteiger partial charge in [-0.3, -0.25) is 9.48 Å². The molecule has 2 aromatic heterocycles. The molecule has 3 aromatic rings. The minimum atomic E-state index is -0.0214. The molecule has 0 amide bonds. The zero-order valence-electron chi connectivity index (χ0n) is 11.6. The van der Waals surface area contributed by atoms with Gasteiger partial charge in [-0.05, 0) is 24.6 Å². The number of para-hydroxylation sites is 1. The van der Waals surface area contributed by atoms with Crippen LogP contribution in [-0.2, 0) is 19.9 Å². The van der Waals surface area contributed by atoms with E-state index in [9.17, 15) is 4.79 Å². The van der Waals surface area contributed by atoms with Crippen molar-refractivity contribution in [2.45, 2.75) is 19.8 Å². The van der Waals surface area contributed by atoms with E-state index in [0.29, 0.717) is 12.2 Å². The number of ketones is 1. The number of carbonyl (C=O) groups excluding carboxylic acids is 1. The highest BCUT2D eigenvalue weighted by Crippen LogP contribution is 2.20. The topological polar surface area (TPSA) is 48.0 Å². The summed E-state index contributed by atoms with van der Waals surface area (Å²) in [6.07, 6.45) is 1.18. The number of benzene rings is 1. The van der Waals surface area contributed by atoms with Gasteiger partial charge in [0.15, 0.2) is 5.76 Å². The third-order valence-corrected chi connectivity index (χ3v) is 3.43. The molecule has 0 radical (unpaired) electrons. The highest BCUT2D eigenvalue weighted by molar-refractivity contribution is 5.98. The Morgan fingerprint density at radius 3 is 2.80 bits per heavy atom. The number of furan rings is 1. The maximum atomic E-state index is 12.3. The number of hydrogen-bond donors (Lipinski definition) is 0. The van der Waals surface area contributed by atoms with Crippen LogP contribution in [0.15, 0.2) is 40.8 Å². The molecule has 2 heterocycles. The molecule has 0 unspecified atom stereocenters. The van der Waals surface area contributed by atoms with Crippen molar-refractivity contribution in [3.05, 3.63) is 53.5 Å². The van der Waals surface area contributed by atoms with E-state index in [-0.39, 0.29) is 5.78 Å². The first-order valence-corrected chi connectivity index (χ1v) is 6.71. The van der Waals surface area contributed by atoms with Gasteiger partial charge in [0, 0.05) is 18.1 Å². The number of carbonyl (C=O) groups is 1. The van der Waals surface area contributed by atoms with Gasteiger partial charge in [-0.25, -0.2) is 0 Å². The van der Waals surface area contributed by atoms with Crippen LogP contribution in [0.5, 0.6) is 0 Å². The average Bonchev–Trinajstić information content (AvgIpc) is 3.02. The van der Waals surface area contributed by atoms with Crippen LogP contribution in [0.1, 0.15) is 28.9 Å². The zero-order valence-corrected chi connectivity index (χ0v) is 11.6. The predicted octanol–water partition coefficient (Wildman–Crippen LogP) is 3.15. The predicted molar refractivity (Wildman–Crippen MR) is 76.8 cm³/mol. The van der Waals surface area contributed by atoms with E-state index in [4.69, 9.17) is 4.42 Å². The van der Waals surface area contributed by atoms with Crippen LogP contribution in [0.3, 0.4) is 0 Å². The van der Waals surface area contributed by atoms with E-state index in [2.05, 4.69) is 5.10 Å². The highest BCUT2D eigenvalue weighted by Gasteiger charge is 2.15. The number of Topliss-reactive ketones (excluding diaryl/α,β-unsaturated/α-hetero) is 1. The van der Waals surface area contributed by atoms with E-state index in [0.717, 1.165) is 28.8 Å². The quantitative estimate of drug-likeness (QED) is 0.683. The Morgan fingerprint density at radius 2 is 2.10 bits per heavy atom. The lowest BCUT2D eigenvalue weighted by atomic mass is 10.1. The number of nitrogens with zero attached hydrogens (tertiary/aromatic N) is 2. The Morgan fingerprint density at radius 1 is 1.30 bits per heavy atom. The Kier molecular flexibility index (Phi) is 3.14. The zero-order chi connectivity index (χ0) is 14.1. The summed E-state index contributed by atoms with van der Waals surface area (Å²) in [7, 11) is 1.86. The first kappa shape index (κ1) is 12.7. The average molecular weight is 268 g/mol. The Labute approximate surface area is 117 Å². The Bertz CT molecular complexity index is 735. The molecular weight excluding hydrogens is 252 g/mol. The van der Waals surface area contributed by atoms with Crippen LogP contribution in [0.2, 0.25) is 0 Å². The van der Waals surface area contributed by atoms with E-state index in [1.54, 1.807) is 10.7 Å². The Balaban J connectivity index is 1.86. The van der Waals surface area contributed by atoms with Crippen molar-refractivity contribution in [3.63, 3.8) is 0 Å². The number of fused-ring (bicyclic) bond motifs is 1. The number of aryl methyl sites for hydroxylation is 2. The molecular formula is C16H16N2O2. The molecule has 1 aromatic carbocycles. The first-order valence-electron chi connectivity index (χ1n) is 6.71. The van der Waals surface area contributed by atoms with Crippen molar-refractivity contribution in [2.75, 3.05) is 0 Å². The van der Waals surface area contributed by atoms with Crippen LogP contribution < -0.4 is 0 Å². The van der Waals surface area contributed by atoms with E-state index < -0.39 is 0 Å². The fourth-order valence-electron chi connectivity index (χ4n) is 2.28. The summed E-state index contributed by atoms with van der Waals surface area (Å²) >= 11 is 0. The maximum absolute atomic E-state index is 12.3. The van der Waals surface area contributed by atoms with Gasteiger partial charge < -0.3 is 4.42 Å². The molecule has 0 aliphatic rings. The monoisotopic (exact) mass is 268 g/mol. The first-order chi connectivity index (χ1) is 9.67. The summed E-state index contributed by atoms with van der Waals surface area (Å²) in [5.41, 5.74) is 2.65. The number of rotatable bonds is 4. The lowest BCUT2D eigenvalue weighted by Crippen LogP contribution is -2.06. The third-order valence-electron chi connectivity index (χ3n) is 3.43. The van der Waals surface area contributed by atoms with E-state index in [1.807, 2.05) is 44.3 Å². The molecule has 0 atom stereocenters. The smallest absolute Gasteiger partial charge is 0.203 e. The third kappa shape index (κ3) is 2.25. The van der Waals surface area contributed by atoms with Gasteiger partial charge in [-0.15, -0.1) is 0 Å². The molecule has 0 aliphatic heterocycles. The van der Waals surface area contributed by atoms with Gasteiger partial charge in [0.2, 0.25) is 5.78 Å². The number of aromatic nitrogens is 2. The molecule has 0 aliphatic carbocycles. The summed E-state index contributed by atoms with van der Waals surface area (Å²) in [5, 5.41) is 5.31. The van der Waals surface area contributed by atoms with Crippen molar-refractivity contribution < 1.29 is 9.21 Å². The van der Waals surface area contributed by atoms with Crippen LogP contribution in [0, 0.1) is 0 Å². The largest absolute Gasteiger partial charge is 0.453 e. The van der Waals surface area contributed by atoms with E-state index >= 15 is 0 Å². The summed E-state index contributed by atoms with van der Waals surface area (Å²) in [5.74, 6) is 0.386. The molecule has 20 heavy (non-hydrogen) atoms. The van der Waals surface area contributed by atoms with Gasteiger partial charge in [-0.2, -0.15) is 5.10 Å². The molecule has 0 spiro atoms. The molecule has 0 bridgehead atoms. The van der Waals surface area contributed by atoms with E-state index in [1.165, 1.54) is 0 Å². The molecule has 0 saturated heterocycles. The van der Waals surface area contributed by atoms with Crippen LogP contribution >= 0.6 is 0 Å². The molecule has 102 valence electrons. The molecule has 3 rings (SSSR count). The second-order valence-electron chi connectivity index (χ2n) is 4.85. The molecule has 0 fully saturated rings. The molecule has 0 saturated carbocycles. The maximum Gasteiger partial charge on any atom is 0.203 e. The molecule has 0 N–H and O–H groups in total. The van der Waals surface area contributed by atoms with Gasteiger partial charge in [0.25, 0.3) is 0 Å². The molecule has 4 heteroatoms. The summed E-state index contributed by atoms with van der Waals surface area (Å²) in [6.45, 7) is 2.05. The van der Waals surface area contributed by atoms with Crippen LogP contribution in [0.4, 0.5) is 0 Å². The minimum absolute atomic E-state index is 0.0214. The minimum Gasteiger partial charge on any atom is -0.453 e. The highest BCUT2D eigenvalue weighted by atomic mass is 16.3. The summed E-state index contributed by atoms with van der Waals surface area (Å²) in [6, 6.07) is 11.4. The van der Waals surface area contributed by atoms with Crippen LogP contribution in [0.25, 0.3) is 11.0 Å². The normalized spacial score (nSPS) is 11.1. The summed E-state index contributed by atoms with van der Waals surface area (Å²) < 4.78 is 7.36. The SMILES string of the molecule is CCc1cc(CC(=O)c2cc3ccccc3o2)n(C)n1. The summed E-state index contributed by atoms with van der Waals surface area (Å²) in [4.78, 5) is 12.3. The van der Waals surface area contributed by atoms with Crippen molar-refractivity contribution in [1.82, 2.24) is 9.78 Å². The van der Waals surface area contributed by atoms with Crippen molar-refractivity contribution >= 4 is 16.8 Å². The van der Waals surface area contributed by atoms with Gasteiger partial charge in [-0.1, -0.05) is 25.1 Å². The fourth-order valence-corrected chi connectivity index (χ4v) is 2.28. The Hall–Kier alpha value is -2.36. The second-order valence-corrected chi connectivity index (χ2v) is 4.85. The van der Waals surface area contributed by atoms with Gasteiger partial charge in [0.05, 0.1) is 12.1 Å². The lowest BCUT2D eigenvalue weighted by molar-refractivity contribution is 0.0966. The second kappa shape index (κ2) is 4.96. The fraction of sp³-hybridized carbons (Fsp3) is 0.250. The standard InChI is InChI=1S/C16H16N2O2/c1-3-12-9-13(18(2)17-12)10-14(19)16-8-11-6-4-5-7-15(11)20-16/h4-9H,3,10H2,1-2H3. The van der Waals surface area contributed by atoms with Gasteiger partial charge >= 0.3 is 0 Å². The van der Waals surface area contributed by atoms with Crippen molar-refractivity contribution in [3.8, 4) is 0 Å². The van der Waals surface area contributed by atoms with Crippen molar-refractivity contribution in [2.24, 2.45) is 7.05 Å². The number of hydrogen-bond acceptors (Lipinski definition) is 3. The lowest BCUT2D eigenvalue weighted by Gasteiger charge is -1.98. The molecule has 4 nitrogen and oxygen atoms in total. The van der Waals surface area contributed by atoms with Gasteiger partial charge in [0.1, 0.15) is 5.58 Å².